The number of hydrogen-bond donors (Lipinski definition) is 3. The van der Waals surface area contributed by atoms with Crippen molar-refractivity contribution in [1.82, 2.24) is 10.6 Å². The number of amides is 2. The molecular formula is C19H29N3O2. The van der Waals surface area contributed by atoms with Crippen molar-refractivity contribution < 1.29 is 9.90 Å². The Bertz CT molecular complexity index is 558. The van der Waals surface area contributed by atoms with E-state index in [0.717, 1.165) is 25.1 Å². The van der Waals surface area contributed by atoms with Crippen LogP contribution in [-0.4, -0.2) is 36.4 Å². The zero-order chi connectivity index (χ0) is 17.6. The zero-order valence-electron chi connectivity index (χ0n) is 14.9. The molecule has 0 saturated carbocycles. The number of anilines is 1. The van der Waals surface area contributed by atoms with E-state index in [-0.39, 0.29) is 18.5 Å². The molecule has 0 aromatic heterocycles. The maximum Gasteiger partial charge on any atom is 0.315 e. The van der Waals surface area contributed by atoms with Crippen molar-refractivity contribution >= 4 is 11.7 Å². The number of nitrogens with one attached hydrogen (secondary N) is 2. The summed E-state index contributed by atoms with van der Waals surface area (Å²) in [6.07, 6.45) is 5.19. The first kappa shape index (κ1) is 18.3. The van der Waals surface area contributed by atoms with Crippen molar-refractivity contribution in [3.63, 3.8) is 0 Å². The number of carbonyl (C=O) groups is 1. The highest BCUT2D eigenvalue weighted by Crippen LogP contribution is 2.19. The lowest BCUT2D eigenvalue weighted by molar-refractivity contribution is 0.00790. The van der Waals surface area contributed by atoms with Crippen LogP contribution in [0.1, 0.15) is 32.8 Å². The summed E-state index contributed by atoms with van der Waals surface area (Å²) in [6, 6.07) is 7.96. The Hall–Kier alpha value is -2.01. The van der Waals surface area contributed by atoms with E-state index >= 15 is 0 Å². The van der Waals surface area contributed by atoms with Crippen LogP contribution in [0.25, 0.3) is 0 Å². The molecule has 5 nitrogen and oxygen atoms in total. The highest BCUT2D eigenvalue weighted by molar-refractivity contribution is 5.73. The SMILES string of the molecule is CCC(C)C(C)(O)CNC(=O)NCc1ccc(N2CC=CC2)cc1. The quantitative estimate of drug-likeness (QED) is 0.673. The molecule has 1 aliphatic rings. The maximum absolute atomic E-state index is 11.9. The number of benzene rings is 1. The number of nitrogens with zero attached hydrogens (tertiary/aromatic N) is 1. The topological polar surface area (TPSA) is 64.6 Å². The van der Waals surface area contributed by atoms with Gasteiger partial charge in [-0.25, -0.2) is 4.79 Å². The molecule has 2 rings (SSSR count). The molecule has 5 heteroatoms. The van der Waals surface area contributed by atoms with Gasteiger partial charge in [0.15, 0.2) is 0 Å². The fourth-order valence-corrected chi connectivity index (χ4v) is 2.63. The first-order valence-corrected chi connectivity index (χ1v) is 8.65. The smallest absolute Gasteiger partial charge is 0.315 e. The molecular weight excluding hydrogens is 302 g/mol. The molecule has 0 saturated heterocycles. The van der Waals surface area contributed by atoms with Gasteiger partial charge < -0.3 is 20.6 Å². The van der Waals surface area contributed by atoms with E-state index in [2.05, 4.69) is 39.8 Å². The lowest BCUT2D eigenvalue weighted by Gasteiger charge is -2.29. The third kappa shape index (κ3) is 4.99. The molecule has 0 fully saturated rings. The lowest BCUT2D eigenvalue weighted by Crippen LogP contribution is -2.47. The Balaban J connectivity index is 1.75. The van der Waals surface area contributed by atoms with Gasteiger partial charge in [0.2, 0.25) is 0 Å². The van der Waals surface area contributed by atoms with E-state index < -0.39 is 5.60 Å². The van der Waals surface area contributed by atoms with Crippen LogP contribution >= 0.6 is 0 Å². The minimum Gasteiger partial charge on any atom is -0.388 e. The Kier molecular flexibility index (Phi) is 6.26. The summed E-state index contributed by atoms with van der Waals surface area (Å²) in [5.74, 6) is 0.130. The summed E-state index contributed by atoms with van der Waals surface area (Å²) in [6.45, 7) is 8.39. The van der Waals surface area contributed by atoms with Gasteiger partial charge in [-0.05, 0) is 30.5 Å². The molecule has 24 heavy (non-hydrogen) atoms. The van der Waals surface area contributed by atoms with Crippen molar-refractivity contribution in [3.05, 3.63) is 42.0 Å². The molecule has 1 aromatic carbocycles. The summed E-state index contributed by atoms with van der Waals surface area (Å²) < 4.78 is 0. The minimum absolute atomic E-state index is 0.130. The highest BCUT2D eigenvalue weighted by atomic mass is 16.3. The van der Waals surface area contributed by atoms with Crippen molar-refractivity contribution in [3.8, 4) is 0 Å². The van der Waals surface area contributed by atoms with Crippen LogP contribution in [0, 0.1) is 5.92 Å². The number of carbonyl (C=O) groups excluding carboxylic acids is 1. The van der Waals surface area contributed by atoms with Crippen LogP contribution in [0.3, 0.4) is 0 Å². The molecule has 3 N–H and O–H groups in total. The predicted octanol–water partition coefficient (Wildman–Crippen LogP) is 2.66. The predicted molar refractivity (Wildman–Crippen MR) is 98.1 cm³/mol. The largest absolute Gasteiger partial charge is 0.388 e. The number of hydrogen-bond acceptors (Lipinski definition) is 3. The fourth-order valence-electron chi connectivity index (χ4n) is 2.63. The molecule has 0 radical (unpaired) electrons. The molecule has 2 amide bonds. The standard InChI is InChI=1S/C19H29N3O2/c1-4-15(2)19(3,24)14-21-18(23)20-13-16-7-9-17(10-8-16)22-11-5-6-12-22/h5-10,15,24H,4,11-14H2,1-3H3,(H2,20,21,23). The fraction of sp³-hybridized carbons (Fsp3) is 0.526. The van der Waals surface area contributed by atoms with Gasteiger partial charge in [0.05, 0.1) is 5.60 Å². The second kappa shape index (κ2) is 8.20. The monoisotopic (exact) mass is 331 g/mol. The Morgan fingerprint density at radius 1 is 1.25 bits per heavy atom. The molecule has 2 unspecified atom stereocenters. The van der Waals surface area contributed by atoms with Gasteiger partial charge in [0.1, 0.15) is 0 Å². The second-order valence-corrected chi connectivity index (χ2v) is 6.75. The normalized spacial score (nSPS) is 17.4. The Labute approximate surface area is 144 Å². The lowest BCUT2D eigenvalue weighted by atomic mass is 9.89. The van der Waals surface area contributed by atoms with Crippen molar-refractivity contribution in [1.29, 1.82) is 0 Å². The van der Waals surface area contributed by atoms with Crippen LogP contribution in [0.4, 0.5) is 10.5 Å². The summed E-state index contributed by atoms with van der Waals surface area (Å²) in [5.41, 5.74) is 1.35. The molecule has 0 spiro atoms. The summed E-state index contributed by atoms with van der Waals surface area (Å²) in [7, 11) is 0. The maximum atomic E-state index is 11.9. The Morgan fingerprint density at radius 3 is 2.46 bits per heavy atom. The van der Waals surface area contributed by atoms with E-state index in [1.807, 2.05) is 26.0 Å². The van der Waals surface area contributed by atoms with Crippen LogP contribution in [0.15, 0.2) is 36.4 Å². The minimum atomic E-state index is -0.891. The number of urea groups is 1. The van der Waals surface area contributed by atoms with Gasteiger partial charge in [-0.1, -0.05) is 44.6 Å². The molecule has 1 heterocycles. The second-order valence-electron chi connectivity index (χ2n) is 6.75. The molecule has 132 valence electrons. The summed E-state index contributed by atoms with van der Waals surface area (Å²) >= 11 is 0. The molecule has 0 bridgehead atoms. The van der Waals surface area contributed by atoms with Crippen LogP contribution in [0.5, 0.6) is 0 Å². The third-order valence-electron chi connectivity index (χ3n) is 4.85. The first-order chi connectivity index (χ1) is 11.4. The van der Waals surface area contributed by atoms with E-state index in [4.69, 9.17) is 0 Å². The summed E-state index contributed by atoms with van der Waals surface area (Å²) in [5, 5.41) is 15.9. The van der Waals surface area contributed by atoms with Crippen LogP contribution < -0.4 is 15.5 Å². The molecule has 2 atom stereocenters. The molecule has 0 aliphatic carbocycles. The highest BCUT2D eigenvalue weighted by Gasteiger charge is 2.27. The van der Waals surface area contributed by atoms with Crippen molar-refractivity contribution in [2.45, 2.75) is 39.3 Å². The van der Waals surface area contributed by atoms with Gasteiger partial charge >= 0.3 is 6.03 Å². The van der Waals surface area contributed by atoms with E-state index in [9.17, 15) is 9.90 Å². The Morgan fingerprint density at radius 2 is 1.88 bits per heavy atom. The zero-order valence-corrected chi connectivity index (χ0v) is 14.9. The average molecular weight is 331 g/mol. The molecule has 1 aromatic rings. The third-order valence-corrected chi connectivity index (χ3v) is 4.85. The number of aliphatic hydroxyl groups is 1. The van der Waals surface area contributed by atoms with Crippen molar-refractivity contribution in [2.24, 2.45) is 5.92 Å². The van der Waals surface area contributed by atoms with E-state index in [1.165, 1.54) is 5.69 Å². The van der Waals surface area contributed by atoms with E-state index in [0.29, 0.717) is 6.54 Å². The van der Waals surface area contributed by atoms with Gasteiger partial charge in [0.25, 0.3) is 0 Å². The van der Waals surface area contributed by atoms with E-state index in [1.54, 1.807) is 6.92 Å². The van der Waals surface area contributed by atoms with Crippen molar-refractivity contribution in [2.75, 3.05) is 24.5 Å². The molecule has 1 aliphatic heterocycles. The van der Waals surface area contributed by atoms with Gasteiger partial charge in [-0.15, -0.1) is 0 Å². The number of rotatable bonds is 7. The van der Waals surface area contributed by atoms with Crippen LogP contribution in [-0.2, 0) is 6.54 Å². The van der Waals surface area contributed by atoms with Gasteiger partial charge in [-0.2, -0.15) is 0 Å². The summed E-state index contributed by atoms with van der Waals surface area (Å²) in [4.78, 5) is 14.2. The van der Waals surface area contributed by atoms with Gasteiger partial charge in [-0.3, -0.25) is 0 Å². The van der Waals surface area contributed by atoms with Gasteiger partial charge in [0, 0.05) is 31.9 Å². The van der Waals surface area contributed by atoms with Crippen LogP contribution in [0.2, 0.25) is 0 Å². The average Bonchev–Trinajstić information content (AvgIpc) is 3.12. The first-order valence-electron chi connectivity index (χ1n) is 8.65.